The van der Waals surface area contributed by atoms with E-state index in [0.29, 0.717) is 5.92 Å². The molecule has 0 fully saturated rings. The summed E-state index contributed by atoms with van der Waals surface area (Å²) in [4.78, 5) is 0. The van der Waals surface area contributed by atoms with Crippen LogP contribution in [0.5, 0.6) is 5.75 Å². The first-order valence-electron chi connectivity index (χ1n) is 6.51. The van der Waals surface area contributed by atoms with Crippen LogP contribution in [-0.4, -0.2) is 6.61 Å². The van der Waals surface area contributed by atoms with Crippen LogP contribution in [0.1, 0.15) is 26.7 Å². The van der Waals surface area contributed by atoms with Gasteiger partial charge in [-0.2, -0.15) is 0 Å². The predicted molar refractivity (Wildman–Crippen MR) is 81.2 cm³/mol. The van der Waals surface area contributed by atoms with Crippen molar-refractivity contribution in [3.8, 4) is 5.75 Å². The van der Waals surface area contributed by atoms with E-state index >= 15 is 0 Å². The molecule has 0 saturated carbocycles. The van der Waals surface area contributed by atoms with Gasteiger partial charge in [-0.3, -0.25) is 0 Å². The second-order valence-electron chi connectivity index (χ2n) is 4.86. The highest BCUT2D eigenvalue weighted by atomic mass is 79.9. The molecule has 0 amide bonds. The lowest BCUT2D eigenvalue weighted by Gasteiger charge is -2.12. The van der Waals surface area contributed by atoms with Crippen molar-refractivity contribution in [2.24, 2.45) is 5.92 Å². The molecule has 0 heterocycles. The van der Waals surface area contributed by atoms with E-state index in [-0.39, 0.29) is 0 Å². The Bertz CT molecular complexity index is 521. The van der Waals surface area contributed by atoms with Crippen molar-refractivity contribution in [2.45, 2.75) is 26.7 Å². The molecule has 0 saturated heterocycles. The van der Waals surface area contributed by atoms with Crippen LogP contribution in [0.3, 0.4) is 0 Å². The molecule has 2 aromatic carbocycles. The van der Waals surface area contributed by atoms with Gasteiger partial charge in [-0.1, -0.05) is 48.3 Å². The Morgan fingerprint density at radius 2 is 1.83 bits per heavy atom. The first-order chi connectivity index (χ1) is 8.69. The summed E-state index contributed by atoms with van der Waals surface area (Å²) in [5.41, 5.74) is 0. The molecular formula is C16H19BrO. The summed E-state index contributed by atoms with van der Waals surface area (Å²) >= 11 is 3.49. The highest BCUT2D eigenvalue weighted by molar-refractivity contribution is 9.10. The Balaban J connectivity index is 2.08. The van der Waals surface area contributed by atoms with Gasteiger partial charge in [0.2, 0.25) is 0 Å². The summed E-state index contributed by atoms with van der Waals surface area (Å²) in [6.07, 6.45) is 2.44. The van der Waals surface area contributed by atoms with Gasteiger partial charge in [0.05, 0.1) is 6.61 Å². The first-order valence-corrected chi connectivity index (χ1v) is 7.30. The molecule has 1 unspecified atom stereocenters. The van der Waals surface area contributed by atoms with Crippen LogP contribution in [0, 0.1) is 5.92 Å². The lowest BCUT2D eigenvalue weighted by molar-refractivity contribution is 0.252. The number of ether oxygens (including phenoxy) is 1. The molecule has 1 nitrogen and oxygen atoms in total. The van der Waals surface area contributed by atoms with Gasteiger partial charge in [0, 0.05) is 4.47 Å². The van der Waals surface area contributed by atoms with Crippen LogP contribution >= 0.6 is 15.9 Å². The van der Waals surface area contributed by atoms with Crippen molar-refractivity contribution < 1.29 is 4.74 Å². The predicted octanol–water partition coefficient (Wildman–Crippen LogP) is 5.42. The van der Waals surface area contributed by atoms with E-state index in [0.717, 1.165) is 16.8 Å². The molecule has 2 rings (SSSR count). The molecule has 0 N–H and O–H groups in total. The maximum atomic E-state index is 5.85. The van der Waals surface area contributed by atoms with Gasteiger partial charge in [0.25, 0.3) is 0 Å². The van der Waals surface area contributed by atoms with Crippen molar-refractivity contribution in [3.63, 3.8) is 0 Å². The third-order valence-electron chi connectivity index (χ3n) is 3.09. The summed E-state index contributed by atoms with van der Waals surface area (Å²) in [6, 6.07) is 12.6. The first kappa shape index (κ1) is 13.4. The van der Waals surface area contributed by atoms with E-state index in [2.05, 4.69) is 60.1 Å². The molecule has 18 heavy (non-hydrogen) atoms. The summed E-state index contributed by atoms with van der Waals surface area (Å²) in [6.45, 7) is 5.25. The smallest absolute Gasteiger partial charge is 0.119 e. The van der Waals surface area contributed by atoms with Crippen LogP contribution in [0.4, 0.5) is 0 Å². The zero-order chi connectivity index (χ0) is 13.0. The normalized spacial score (nSPS) is 12.6. The summed E-state index contributed by atoms with van der Waals surface area (Å²) in [5.74, 6) is 1.59. The van der Waals surface area contributed by atoms with E-state index in [1.54, 1.807) is 0 Å². The Hall–Kier alpha value is -1.02. The van der Waals surface area contributed by atoms with Crippen molar-refractivity contribution in [3.05, 3.63) is 40.9 Å². The van der Waals surface area contributed by atoms with Crippen LogP contribution in [0.2, 0.25) is 0 Å². The molecule has 2 aromatic rings. The second-order valence-corrected chi connectivity index (χ2v) is 5.77. The molecule has 2 heteroatoms. The van der Waals surface area contributed by atoms with Gasteiger partial charge < -0.3 is 4.74 Å². The minimum absolute atomic E-state index is 0.621. The quantitative estimate of drug-likeness (QED) is 0.717. The molecule has 0 aliphatic carbocycles. The average Bonchev–Trinajstić information content (AvgIpc) is 2.36. The maximum Gasteiger partial charge on any atom is 0.119 e. The number of benzene rings is 2. The Morgan fingerprint density at radius 1 is 1.11 bits per heavy atom. The summed E-state index contributed by atoms with van der Waals surface area (Å²) < 4.78 is 6.96. The SMILES string of the molecule is CCCC(C)COc1ccc2cc(Br)ccc2c1. The molecule has 0 aliphatic heterocycles. The number of rotatable bonds is 5. The fourth-order valence-corrected chi connectivity index (χ4v) is 2.48. The molecule has 0 bridgehead atoms. The van der Waals surface area contributed by atoms with Crippen molar-refractivity contribution in [1.82, 2.24) is 0 Å². The molecule has 1 atom stereocenters. The van der Waals surface area contributed by atoms with Gasteiger partial charge in [-0.05, 0) is 47.4 Å². The molecule has 96 valence electrons. The van der Waals surface area contributed by atoms with Crippen molar-refractivity contribution in [1.29, 1.82) is 0 Å². The van der Waals surface area contributed by atoms with Crippen LogP contribution < -0.4 is 4.74 Å². The van der Waals surface area contributed by atoms with E-state index in [1.807, 2.05) is 6.07 Å². The minimum atomic E-state index is 0.621. The second kappa shape index (κ2) is 6.24. The lowest BCUT2D eigenvalue weighted by Crippen LogP contribution is -2.07. The van der Waals surface area contributed by atoms with E-state index < -0.39 is 0 Å². The van der Waals surface area contributed by atoms with Crippen LogP contribution in [-0.2, 0) is 0 Å². The van der Waals surface area contributed by atoms with Crippen molar-refractivity contribution in [2.75, 3.05) is 6.61 Å². The van der Waals surface area contributed by atoms with Gasteiger partial charge in [0.1, 0.15) is 5.75 Å². The molecular weight excluding hydrogens is 288 g/mol. The highest BCUT2D eigenvalue weighted by Crippen LogP contribution is 2.24. The zero-order valence-electron chi connectivity index (χ0n) is 10.9. The number of hydrogen-bond acceptors (Lipinski definition) is 1. The van der Waals surface area contributed by atoms with Gasteiger partial charge in [-0.25, -0.2) is 0 Å². The largest absolute Gasteiger partial charge is 0.493 e. The van der Waals surface area contributed by atoms with Crippen LogP contribution in [0.15, 0.2) is 40.9 Å². The maximum absolute atomic E-state index is 5.85. The molecule has 0 aromatic heterocycles. The van der Waals surface area contributed by atoms with E-state index in [9.17, 15) is 0 Å². The summed E-state index contributed by atoms with van der Waals surface area (Å²) in [5, 5.41) is 2.46. The summed E-state index contributed by atoms with van der Waals surface area (Å²) in [7, 11) is 0. The topological polar surface area (TPSA) is 9.23 Å². The highest BCUT2D eigenvalue weighted by Gasteiger charge is 2.03. The molecule has 0 spiro atoms. The van der Waals surface area contributed by atoms with Crippen LogP contribution in [0.25, 0.3) is 10.8 Å². The third kappa shape index (κ3) is 3.49. The minimum Gasteiger partial charge on any atom is -0.493 e. The number of fused-ring (bicyclic) bond motifs is 1. The molecule has 0 aliphatic rings. The lowest BCUT2D eigenvalue weighted by atomic mass is 10.1. The molecule has 0 radical (unpaired) electrons. The van der Waals surface area contributed by atoms with Gasteiger partial charge >= 0.3 is 0 Å². The third-order valence-corrected chi connectivity index (χ3v) is 3.58. The van der Waals surface area contributed by atoms with E-state index in [4.69, 9.17) is 4.74 Å². The number of hydrogen-bond donors (Lipinski definition) is 0. The Labute approximate surface area is 117 Å². The van der Waals surface area contributed by atoms with Gasteiger partial charge in [0.15, 0.2) is 0 Å². The monoisotopic (exact) mass is 306 g/mol. The average molecular weight is 307 g/mol. The zero-order valence-corrected chi connectivity index (χ0v) is 12.5. The Morgan fingerprint density at radius 3 is 2.61 bits per heavy atom. The van der Waals surface area contributed by atoms with Crippen molar-refractivity contribution >= 4 is 26.7 Å². The fourth-order valence-electron chi connectivity index (χ4n) is 2.10. The van der Waals surface area contributed by atoms with E-state index in [1.165, 1.54) is 23.6 Å². The Kier molecular flexibility index (Phi) is 4.65. The standard InChI is InChI=1S/C16H19BrO/c1-3-4-12(2)11-18-16-8-6-13-9-15(17)7-5-14(13)10-16/h5-10,12H,3-4,11H2,1-2H3. The fraction of sp³-hybridized carbons (Fsp3) is 0.375. The number of halogens is 1. The van der Waals surface area contributed by atoms with Gasteiger partial charge in [-0.15, -0.1) is 0 Å².